The van der Waals surface area contributed by atoms with E-state index in [1.54, 1.807) is 12.1 Å². The smallest absolute Gasteiger partial charge is 0.116 e. The maximum Gasteiger partial charge on any atom is 0.116 e. The summed E-state index contributed by atoms with van der Waals surface area (Å²) in [5.74, 6) is 0.887. The maximum atomic E-state index is 11.2. The number of nitrogens with one attached hydrogen (secondary N) is 2. The molecular formula is C12H16N2O2S. The van der Waals surface area contributed by atoms with Crippen LogP contribution in [-0.4, -0.2) is 26.6 Å². The van der Waals surface area contributed by atoms with Crippen molar-refractivity contribution < 1.29 is 9.32 Å². The van der Waals surface area contributed by atoms with E-state index < -0.39 is 11.0 Å². The van der Waals surface area contributed by atoms with Gasteiger partial charge in [-0.15, -0.1) is 0 Å². The number of hydrogen-bond acceptors (Lipinski definition) is 2. The average Bonchev–Trinajstić information content (AvgIpc) is 2.72. The lowest BCUT2D eigenvalue weighted by Crippen LogP contribution is -2.21. The molecule has 0 saturated heterocycles. The minimum Gasteiger partial charge on any atom is -0.508 e. The SMILES string of the molecule is CCS(=O)NCCc1c[nH]c2ccc(O)cc12. The first-order valence-electron chi connectivity index (χ1n) is 5.61. The number of rotatable bonds is 5. The number of fused-ring (bicyclic) bond motifs is 1. The van der Waals surface area contributed by atoms with Gasteiger partial charge in [0, 0.05) is 29.4 Å². The Labute approximate surface area is 103 Å². The highest BCUT2D eigenvalue weighted by molar-refractivity contribution is 7.82. The lowest BCUT2D eigenvalue weighted by Gasteiger charge is -2.02. The van der Waals surface area contributed by atoms with Crippen LogP contribution in [0.3, 0.4) is 0 Å². The quantitative estimate of drug-likeness (QED) is 0.758. The molecule has 3 N–H and O–H groups in total. The third-order valence-corrected chi connectivity index (χ3v) is 3.72. The predicted molar refractivity (Wildman–Crippen MR) is 70.4 cm³/mol. The topological polar surface area (TPSA) is 65.1 Å². The minimum absolute atomic E-state index is 0.267. The van der Waals surface area contributed by atoms with E-state index in [0.717, 1.165) is 22.9 Å². The van der Waals surface area contributed by atoms with Crippen LogP contribution in [0.25, 0.3) is 10.9 Å². The summed E-state index contributed by atoms with van der Waals surface area (Å²) in [6, 6.07) is 5.26. The van der Waals surface area contributed by atoms with Crippen LogP contribution in [0.15, 0.2) is 24.4 Å². The summed E-state index contributed by atoms with van der Waals surface area (Å²) >= 11 is 0. The standard InChI is InChI=1S/C12H16N2O2S/c1-2-17(16)14-6-5-9-8-13-12-4-3-10(15)7-11(9)12/h3-4,7-8,13-15H,2,5-6H2,1H3. The summed E-state index contributed by atoms with van der Waals surface area (Å²) in [7, 11) is -0.936. The molecule has 0 fully saturated rings. The summed E-state index contributed by atoms with van der Waals surface area (Å²) in [4.78, 5) is 3.15. The second kappa shape index (κ2) is 5.33. The van der Waals surface area contributed by atoms with Gasteiger partial charge >= 0.3 is 0 Å². The molecule has 1 heterocycles. The molecule has 1 aromatic heterocycles. The minimum atomic E-state index is -0.936. The van der Waals surface area contributed by atoms with E-state index in [9.17, 15) is 9.32 Å². The molecule has 0 amide bonds. The Kier molecular flexibility index (Phi) is 3.81. The third kappa shape index (κ3) is 2.87. The summed E-state index contributed by atoms with van der Waals surface area (Å²) in [5.41, 5.74) is 2.13. The molecule has 5 heteroatoms. The predicted octanol–water partition coefficient (Wildman–Crippen LogP) is 1.69. The molecular weight excluding hydrogens is 236 g/mol. The number of benzene rings is 1. The van der Waals surface area contributed by atoms with E-state index in [2.05, 4.69) is 9.71 Å². The molecule has 1 atom stereocenters. The van der Waals surface area contributed by atoms with Crippen molar-refractivity contribution in [1.29, 1.82) is 0 Å². The molecule has 0 spiro atoms. The molecule has 92 valence electrons. The van der Waals surface area contributed by atoms with Crippen LogP contribution in [0.2, 0.25) is 0 Å². The van der Waals surface area contributed by atoms with Gasteiger partial charge in [-0.1, -0.05) is 6.92 Å². The van der Waals surface area contributed by atoms with E-state index in [0.29, 0.717) is 12.3 Å². The van der Waals surface area contributed by atoms with Crippen molar-refractivity contribution in [2.24, 2.45) is 0 Å². The largest absolute Gasteiger partial charge is 0.508 e. The zero-order valence-corrected chi connectivity index (χ0v) is 10.5. The molecule has 0 aliphatic rings. The fraction of sp³-hybridized carbons (Fsp3) is 0.333. The summed E-state index contributed by atoms with van der Waals surface area (Å²) in [6.07, 6.45) is 2.72. The Morgan fingerprint density at radius 2 is 2.29 bits per heavy atom. The number of phenols is 1. The van der Waals surface area contributed by atoms with E-state index in [4.69, 9.17) is 0 Å². The van der Waals surface area contributed by atoms with Crippen LogP contribution >= 0.6 is 0 Å². The molecule has 1 aromatic carbocycles. The number of aromatic amines is 1. The average molecular weight is 252 g/mol. The van der Waals surface area contributed by atoms with Gasteiger partial charge < -0.3 is 10.1 Å². The fourth-order valence-electron chi connectivity index (χ4n) is 1.77. The van der Waals surface area contributed by atoms with Crippen molar-refractivity contribution in [1.82, 2.24) is 9.71 Å². The van der Waals surface area contributed by atoms with Crippen LogP contribution in [0.4, 0.5) is 0 Å². The first kappa shape index (κ1) is 12.1. The lowest BCUT2D eigenvalue weighted by molar-refractivity contribution is 0.476. The highest BCUT2D eigenvalue weighted by Gasteiger charge is 2.04. The van der Waals surface area contributed by atoms with Gasteiger partial charge in [-0.3, -0.25) is 0 Å². The highest BCUT2D eigenvalue weighted by Crippen LogP contribution is 2.22. The van der Waals surface area contributed by atoms with Crippen LogP contribution in [0.1, 0.15) is 12.5 Å². The normalized spacial score (nSPS) is 13.0. The first-order valence-corrected chi connectivity index (χ1v) is 6.93. The Hall–Kier alpha value is -1.33. The zero-order valence-electron chi connectivity index (χ0n) is 9.69. The number of H-pyrrole nitrogens is 1. The van der Waals surface area contributed by atoms with Gasteiger partial charge in [0.05, 0.1) is 11.0 Å². The number of hydrogen-bond donors (Lipinski definition) is 3. The molecule has 2 rings (SSSR count). The second-order valence-electron chi connectivity index (χ2n) is 3.82. The summed E-state index contributed by atoms with van der Waals surface area (Å²) in [5, 5.41) is 10.5. The van der Waals surface area contributed by atoms with Crippen LogP contribution in [-0.2, 0) is 17.4 Å². The lowest BCUT2D eigenvalue weighted by atomic mass is 10.1. The van der Waals surface area contributed by atoms with Crippen molar-refractivity contribution in [3.05, 3.63) is 30.0 Å². The van der Waals surface area contributed by atoms with Crippen molar-refractivity contribution in [2.45, 2.75) is 13.3 Å². The van der Waals surface area contributed by atoms with Gasteiger partial charge in [0.1, 0.15) is 5.75 Å². The number of aromatic hydroxyl groups is 1. The van der Waals surface area contributed by atoms with E-state index in [-0.39, 0.29) is 5.75 Å². The van der Waals surface area contributed by atoms with Gasteiger partial charge in [-0.25, -0.2) is 8.93 Å². The van der Waals surface area contributed by atoms with Crippen LogP contribution in [0.5, 0.6) is 5.75 Å². The number of phenolic OH excluding ortho intramolecular Hbond substituents is 1. The summed E-state index contributed by atoms with van der Waals surface area (Å²) < 4.78 is 14.2. The van der Waals surface area contributed by atoms with Crippen molar-refractivity contribution in [3.63, 3.8) is 0 Å². The van der Waals surface area contributed by atoms with E-state index in [1.807, 2.05) is 19.2 Å². The van der Waals surface area contributed by atoms with Crippen molar-refractivity contribution in [3.8, 4) is 5.75 Å². The molecule has 17 heavy (non-hydrogen) atoms. The monoisotopic (exact) mass is 252 g/mol. The van der Waals surface area contributed by atoms with E-state index in [1.165, 1.54) is 0 Å². The number of aromatic nitrogens is 1. The molecule has 0 bridgehead atoms. The molecule has 0 aliphatic heterocycles. The van der Waals surface area contributed by atoms with Crippen LogP contribution < -0.4 is 4.72 Å². The van der Waals surface area contributed by atoms with Crippen LogP contribution in [0, 0.1) is 0 Å². The molecule has 2 aromatic rings. The van der Waals surface area contributed by atoms with Crippen molar-refractivity contribution >= 4 is 21.9 Å². The summed E-state index contributed by atoms with van der Waals surface area (Å²) in [6.45, 7) is 2.55. The van der Waals surface area contributed by atoms with Crippen molar-refractivity contribution in [2.75, 3.05) is 12.3 Å². The van der Waals surface area contributed by atoms with Gasteiger partial charge in [0.2, 0.25) is 0 Å². The zero-order chi connectivity index (χ0) is 12.3. The first-order chi connectivity index (χ1) is 8.20. The van der Waals surface area contributed by atoms with E-state index >= 15 is 0 Å². The molecule has 0 radical (unpaired) electrons. The highest BCUT2D eigenvalue weighted by atomic mass is 32.2. The molecule has 0 aliphatic carbocycles. The maximum absolute atomic E-state index is 11.2. The second-order valence-corrected chi connectivity index (χ2v) is 5.38. The Balaban J connectivity index is 2.08. The third-order valence-electron chi connectivity index (χ3n) is 2.67. The Bertz CT molecular complexity index is 536. The van der Waals surface area contributed by atoms with Gasteiger partial charge in [0.15, 0.2) is 0 Å². The fourth-order valence-corrected chi connectivity index (χ4v) is 2.31. The molecule has 0 saturated carbocycles. The van der Waals surface area contributed by atoms with Gasteiger partial charge in [0.25, 0.3) is 0 Å². The Morgan fingerprint density at radius 3 is 3.06 bits per heavy atom. The van der Waals surface area contributed by atoms with Gasteiger partial charge in [-0.2, -0.15) is 0 Å². The Morgan fingerprint density at radius 1 is 1.47 bits per heavy atom. The van der Waals surface area contributed by atoms with Gasteiger partial charge in [-0.05, 0) is 30.2 Å². The molecule has 4 nitrogen and oxygen atoms in total. The molecule has 1 unspecified atom stereocenters.